The van der Waals surface area contributed by atoms with Crippen LogP contribution in [-0.4, -0.2) is 35.8 Å². The van der Waals surface area contributed by atoms with E-state index < -0.39 is 0 Å². The number of ether oxygens (including phenoxy) is 1. The molecule has 0 saturated heterocycles. The molecule has 0 fully saturated rings. The van der Waals surface area contributed by atoms with Gasteiger partial charge in [-0.2, -0.15) is 0 Å². The Morgan fingerprint density at radius 3 is 2.47 bits per heavy atom. The maximum absolute atomic E-state index is 5.23. The van der Waals surface area contributed by atoms with E-state index in [4.69, 9.17) is 4.74 Å². The second-order valence-corrected chi connectivity index (χ2v) is 5.27. The molecule has 19 heavy (non-hydrogen) atoms. The third-order valence-corrected chi connectivity index (χ3v) is 2.75. The average molecular weight is 266 g/mol. The van der Waals surface area contributed by atoms with Crippen LogP contribution in [-0.2, 0) is 11.2 Å². The van der Waals surface area contributed by atoms with E-state index in [2.05, 4.69) is 48.3 Å². The second kappa shape index (κ2) is 7.28. The van der Waals surface area contributed by atoms with Crippen LogP contribution in [0.2, 0.25) is 0 Å². The lowest BCUT2D eigenvalue weighted by molar-refractivity contribution is 0.158. The van der Waals surface area contributed by atoms with Gasteiger partial charge in [0.15, 0.2) is 0 Å². The van der Waals surface area contributed by atoms with Gasteiger partial charge in [0.2, 0.25) is 0 Å². The average Bonchev–Trinajstić information content (AvgIpc) is 2.33. The Morgan fingerprint density at radius 2 is 1.89 bits per heavy atom. The molecule has 1 aromatic rings. The van der Waals surface area contributed by atoms with Crippen molar-refractivity contribution in [1.29, 1.82) is 0 Å². The highest BCUT2D eigenvalue weighted by Gasteiger charge is 2.20. The number of nitrogens with one attached hydrogen (secondary N) is 2. The Bertz CT molecular complexity index is 393. The molecule has 0 unspecified atom stereocenters. The first kappa shape index (κ1) is 15.7. The van der Waals surface area contributed by atoms with Gasteiger partial charge in [-0.05, 0) is 27.2 Å². The molecule has 2 N–H and O–H groups in total. The molecule has 5 heteroatoms. The van der Waals surface area contributed by atoms with Crippen LogP contribution in [0.15, 0.2) is 6.33 Å². The van der Waals surface area contributed by atoms with Crippen LogP contribution >= 0.6 is 0 Å². The van der Waals surface area contributed by atoms with Crippen LogP contribution < -0.4 is 10.6 Å². The largest absolute Gasteiger partial charge is 0.382 e. The first-order chi connectivity index (χ1) is 9.04. The van der Waals surface area contributed by atoms with Gasteiger partial charge in [-0.15, -0.1) is 0 Å². The minimum atomic E-state index is -0.158. The number of rotatable bonds is 8. The van der Waals surface area contributed by atoms with Crippen molar-refractivity contribution in [2.75, 3.05) is 30.9 Å². The molecule has 0 aliphatic heterocycles. The highest BCUT2D eigenvalue weighted by Crippen LogP contribution is 2.24. The molecule has 0 amide bonds. The van der Waals surface area contributed by atoms with Crippen LogP contribution in [0.1, 0.15) is 39.7 Å². The molecule has 0 bridgehead atoms. The van der Waals surface area contributed by atoms with Crippen molar-refractivity contribution in [3.8, 4) is 0 Å². The quantitative estimate of drug-likeness (QED) is 0.757. The summed E-state index contributed by atoms with van der Waals surface area (Å²) in [5, 5.41) is 6.75. The standard InChI is InChI=1S/C14H26N4O/c1-6-8-11-12(15-7-2)16-10-17-13(11)18-14(3,4)9-19-5/h10H,6-9H2,1-5H3,(H2,15,16,17,18). The number of hydrogen-bond donors (Lipinski definition) is 2. The van der Waals surface area contributed by atoms with Gasteiger partial charge >= 0.3 is 0 Å². The lowest BCUT2D eigenvalue weighted by Gasteiger charge is -2.27. The van der Waals surface area contributed by atoms with Gasteiger partial charge in [-0.3, -0.25) is 0 Å². The molecule has 0 aromatic carbocycles. The maximum Gasteiger partial charge on any atom is 0.135 e. The van der Waals surface area contributed by atoms with E-state index in [-0.39, 0.29) is 5.54 Å². The van der Waals surface area contributed by atoms with Crippen molar-refractivity contribution in [2.24, 2.45) is 0 Å². The van der Waals surface area contributed by atoms with Crippen molar-refractivity contribution in [2.45, 2.75) is 46.1 Å². The van der Waals surface area contributed by atoms with Crippen LogP contribution in [0.4, 0.5) is 11.6 Å². The Kier molecular flexibility index (Phi) is 6.02. The number of methoxy groups -OCH3 is 1. The number of anilines is 2. The highest BCUT2D eigenvalue weighted by atomic mass is 16.5. The first-order valence-corrected chi connectivity index (χ1v) is 6.89. The van der Waals surface area contributed by atoms with E-state index in [1.165, 1.54) is 0 Å². The zero-order chi connectivity index (χ0) is 14.3. The zero-order valence-corrected chi connectivity index (χ0v) is 12.7. The smallest absolute Gasteiger partial charge is 0.135 e. The SMILES string of the molecule is CCCc1c(NCC)ncnc1NC(C)(C)COC. The summed E-state index contributed by atoms with van der Waals surface area (Å²) in [6.45, 7) is 9.91. The Morgan fingerprint density at radius 1 is 1.21 bits per heavy atom. The molecule has 1 aromatic heterocycles. The van der Waals surface area contributed by atoms with Crippen molar-refractivity contribution >= 4 is 11.6 Å². The van der Waals surface area contributed by atoms with E-state index in [9.17, 15) is 0 Å². The summed E-state index contributed by atoms with van der Waals surface area (Å²) in [6, 6.07) is 0. The fourth-order valence-electron chi connectivity index (χ4n) is 2.04. The van der Waals surface area contributed by atoms with E-state index >= 15 is 0 Å². The molecule has 0 spiro atoms. The lowest BCUT2D eigenvalue weighted by atomic mass is 10.1. The van der Waals surface area contributed by atoms with Gasteiger partial charge in [0.05, 0.1) is 12.1 Å². The van der Waals surface area contributed by atoms with Gasteiger partial charge in [0, 0.05) is 19.2 Å². The second-order valence-electron chi connectivity index (χ2n) is 5.27. The molecule has 5 nitrogen and oxygen atoms in total. The summed E-state index contributed by atoms with van der Waals surface area (Å²) in [5.74, 6) is 1.82. The molecular weight excluding hydrogens is 240 g/mol. The Labute approximate surface area is 116 Å². The monoisotopic (exact) mass is 266 g/mol. The molecular formula is C14H26N4O. The fraction of sp³-hybridized carbons (Fsp3) is 0.714. The summed E-state index contributed by atoms with van der Waals surface area (Å²) in [6.07, 6.45) is 3.61. The normalized spacial score (nSPS) is 11.4. The van der Waals surface area contributed by atoms with Crippen LogP contribution in [0.3, 0.4) is 0 Å². The first-order valence-electron chi connectivity index (χ1n) is 6.89. The topological polar surface area (TPSA) is 59.1 Å². The predicted octanol–water partition coefficient (Wildman–Crippen LogP) is 2.70. The van der Waals surface area contributed by atoms with Crippen molar-refractivity contribution < 1.29 is 4.74 Å². The number of hydrogen-bond acceptors (Lipinski definition) is 5. The predicted molar refractivity (Wildman–Crippen MR) is 79.8 cm³/mol. The van der Waals surface area contributed by atoms with Gasteiger partial charge < -0.3 is 15.4 Å². The number of nitrogens with zero attached hydrogens (tertiary/aromatic N) is 2. The minimum Gasteiger partial charge on any atom is -0.382 e. The van der Waals surface area contributed by atoms with E-state index in [1.54, 1.807) is 13.4 Å². The van der Waals surface area contributed by atoms with E-state index in [1.807, 2.05) is 0 Å². The zero-order valence-electron chi connectivity index (χ0n) is 12.7. The van der Waals surface area contributed by atoms with Crippen LogP contribution in [0.25, 0.3) is 0 Å². The summed E-state index contributed by atoms with van der Waals surface area (Å²) in [4.78, 5) is 8.72. The Hall–Kier alpha value is -1.36. The van der Waals surface area contributed by atoms with Crippen LogP contribution in [0, 0.1) is 0 Å². The third kappa shape index (κ3) is 4.67. The highest BCUT2D eigenvalue weighted by molar-refractivity contribution is 5.58. The van der Waals surface area contributed by atoms with Crippen molar-refractivity contribution in [1.82, 2.24) is 9.97 Å². The molecule has 0 radical (unpaired) electrons. The van der Waals surface area contributed by atoms with Crippen LogP contribution in [0.5, 0.6) is 0 Å². The molecule has 0 saturated carbocycles. The molecule has 0 atom stereocenters. The summed E-state index contributed by atoms with van der Waals surface area (Å²) in [5.41, 5.74) is 0.991. The van der Waals surface area contributed by atoms with Gasteiger partial charge in [-0.25, -0.2) is 9.97 Å². The van der Waals surface area contributed by atoms with Crippen molar-refractivity contribution in [3.05, 3.63) is 11.9 Å². The molecule has 1 heterocycles. The Balaban J connectivity index is 3.01. The summed E-state index contributed by atoms with van der Waals surface area (Å²) >= 11 is 0. The molecule has 1 rings (SSSR count). The summed E-state index contributed by atoms with van der Waals surface area (Å²) < 4.78 is 5.23. The summed E-state index contributed by atoms with van der Waals surface area (Å²) in [7, 11) is 1.71. The van der Waals surface area contributed by atoms with E-state index in [0.29, 0.717) is 6.61 Å². The van der Waals surface area contributed by atoms with Gasteiger partial charge in [0.25, 0.3) is 0 Å². The van der Waals surface area contributed by atoms with Gasteiger partial charge in [0.1, 0.15) is 18.0 Å². The lowest BCUT2D eigenvalue weighted by Crippen LogP contribution is -2.36. The number of aromatic nitrogens is 2. The molecule has 0 aliphatic carbocycles. The van der Waals surface area contributed by atoms with E-state index in [0.717, 1.165) is 36.6 Å². The fourth-order valence-corrected chi connectivity index (χ4v) is 2.04. The third-order valence-electron chi connectivity index (χ3n) is 2.75. The van der Waals surface area contributed by atoms with Crippen molar-refractivity contribution in [3.63, 3.8) is 0 Å². The minimum absolute atomic E-state index is 0.158. The van der Waals surface area contributed by atoms with Gasteiger partial charge in [-0.1, -0.05) is 13.3 Å². The molecule has 0 aliphatic rings. The maximum atomic E-state index is 5.23. The molecule has 108 valence electrons.